The molecule has 9 amide bonds. The highest BCUT2D eigenvalue weighted by molar-refractivity contribution is 7.48. The van der Waals surface area contributed by atoms with Gasteiger partial charge in [0, 0.05) is 50.2 Å². The third-order valence-electron chi connectivity index (χ3n) is 14.3. The molecule has 29 nitrogen and oxygen atoms in total. The van der Waals surface area contributed by atoms with Crippen LogP contribution in [0.4, 0.5) is 9.59 Å². The number of phosphoric acid groups is 1. The highest BCUT2D eigenvalue weighted by atomic mass is 35.5. The van der Waals surface area contributed by atoms with Crippen LogP contribution in [-0.2, 0) is 72.6 Å². The normalized spacial score (nSPS) is 14.1. The van der Waals surface area contributed by atoms with Crippen molar-refractivity contribution in [1.29, 1.82) is 0 Å². The predicted molar refractivity (Wildman–Crippen MR) is 326 cm³/mol. The van der Waals surface area contributed by atoms with Crippen LogP contribution in [0.2, 0.25) is 5.02 Å². The first-order chi connectivity index (χ1) is 42.3. The van der Waals surface area contributed by atoms with Gasteiger partial charge in [0.05, 0.1) is 6.61 Å². The zero-order valence-electron chi connectivity index (χ0n) is 50.5. The van der Waals surface area contributed by atoms with Crippen LogP contribution in [0.15, 0.2) is 77.8 Å². The average molecular weight is 1290 g/mol. The number of phosphoric ester groups is 1. The summed E-state index contributed by atoms with van der Waals surface area (Å²) in [6, 6.07) is 13.0. The number of alkyl carbamates (subject to hydrolysis) is 2. The number of hydrogen-bond donors (Lipinski definition) is 12. The third-order valence-corrected chi connectivity index (χ3v) is 16.0. The molecule has 0 heterocycles. The van der Waals surface area contributed by atoms with E-state index in [9.17, 15) is 57.6 Å². The molecule has 7 atom stereocenters. The summed E-state index contributed by atoms with van der Waals surface area (Å²) in [6.07, 6.45) is -1.86. The number of aliphatic imine (C=N–C) groups is 1. The van der Waals surface area contributed by atoms with Gasteiger partial charge in [-0.3, -0.25) is 56.9 Å². The van der Waals surface area contributed by atoms with Crippen LogP contribution in [0.1, 0.15) is 102 Å². The van der Waals surface area contributed by atoms with Crippen LogP contribution < -0.4 is 59.7 Å². The Kier molecular flexibility index (Phi) is 30.2. The molecule has 0 fully saturated rings. The Balaban J connectivity index is 1.57. The molecule has 0 saturated carbocycles. The molecule has 0 aromatic heterocycles. The Hall–Kier alpha value is -8.37. The first-order valence-electron chi connectivity index (χ1n) is 28.8. The lowest BCUT2D eigenvalue weighted by Crippen LogP contribution is -2.62. The quantitative estimate of drug-likeness (QED) is 0.0170. The maximum absolute atomic E-state index is 14.5. The highest BCUT2D eigenvalue weighted by Crippen LogP contribution is 2.47. The molecule has 0 saturated heterocycles. The number of nitrogens with one attached hydrogen (secondary N) is 8. The number of carbonyl (C=O) groups excluding carboxylic acids is 9. The number of rotatable bonds is 38. The fraction of sp³-hybridized carbons (Fsp3) is 0.500. The van der Waals surface area contributed by atoms with E-state index in [1.165, 1.54) is 0 Å². The van der Waals surface area contributed by atoms with Gasteiger partial charge in [-0.05, 0) is 78.7 Å². The van der Waals surface area contributed by atoms with Crippen LogP contribution in [0.5, 0.6) is 0 Å². The zero-order chi connectivity index (χ0) is 65.8. The van der Waals surface area contributed by atoms with Crippen LogP contribution in [0, 0.1) is 11.8 Å². The summed E-state index contributed by atoms with van der Waals surface area (Å²) < 4.78 is 39.3. The Morgan fingerprint density at radius 1 is 0.629 bits per heavy atom. The number of carbonyl (C=O) groups is 10. The molecule has 488 valence electrons. The first-order valence-corrected chi connectivity index (χ1v) is 30.6. The zero-order valence-corrected chi connectivity index (χ0v) is 52.2. The lowest BCUT2D eigenvalue weighted by Gasteiger charge is -2.30. The number of carboxylic acids is 1. The van der Waals surface area contributed by atoms with Gasteiger partial charge in [-0.15, -0.1) is 0 Å². The highest BCUT2D eigenvalue weighted by Gasteiger charge is 2.38. The number of benzene rings is 3. The van der Waals surface area contributed by atoms with E-state index < -0.39 is 141 Å². The Morgan fingerprint density at radius 3 is 1.76 bits per heavy atom. The van der Waals surface area contributed by atoms with Gasteiger partial charge in [-0.25, -0.2) is 14.2 Å². The maximum Gasteiger partial charge on any atom is 0.474 e. The number of ether oxygens (including phenoxy) is 2. The molecule has 89 heavy (non-hydrogen) atoms. The van der Waals surface area contributed by atoms with Crippen LogP contribution in [0.3, 0.4) is 0 Å². The molecule has 3 aromatic carbocycles. The number of amides is 9. The molecular formula is C58H82ClN12O17P. The number of aliphatic carboxylic acids is 1. The average Bonchev–Trinajstić information content (AvgIpc) is 1.74. The second kappa shape index (κ2) is 36.8. The van der Waals surface area contributed by atoms with Gasteiger partial charge in [0.2, 0.25) is 41.4 Å². The summed E-state index contributed by atoms with van der Waals surface area (Å²) in [5.74, 6) is -10.1. The second-order valence-electron chi connectivity index (χ2n) is 21.1. The summed E-state index contributed by atoms with van der Waals surface area (Å²) in [5.41, 5.74) is 20.8. The van der Waals surface area contributed by atoms with Gasteiger partial charge >= 0.3 is 26.0 Å². The predicted octanol–water partition coefficient (Wildman–Crippen LogP) is 2.71. The van der Waals surface area contributed by atoms with Crippen molar-refractivity contribution < 1.29 is 80.7 Å². The van der Waals surface area contributed by atoms with Crippen molar-refractivity contribution in [2.45, 2.75) is 128 Å². The molecule has 31 heteroatoms. The van der Waals surface area contributed by atoms with Crippen LogP contribution in [-0.4, -0.2) is 154 Å². The molecule has 0 radical (unpaired) electrons. The molecule has 15 N–H and O–H groups in total. The van der Waals surface area contributed by atoms with Gasteiger partial charge in [0.25, 0.3) is 0 Å². The van der Waals surface area contributed by atoms with Gasteiger partial charge < -0.3 is 74.3 Å². The van der Waals surface area contributed by atoms with Crippen molar-refractivity contribution in [2.75, 3.05) is 47.1 Å². The summed E-state index contributed by atoms with van der Waals surface area (Å²) in [6.45, 7) is 4.58. The summed E-state index contributed by atoms with van der Waals surface area (Å²) in [7, 11) is -2.40. The summed E-state index contributed by atoms with van der Waals surface area (Å²) in [5, 5.41) is 29.7. The standard InChI is InChI=1S/C58H82ClN12O17P/c1-7-34(4)49(55(80)68-45(32-88-89(83,84-5)85-6)53(78)70-48(33(2)3)54(79)67-42(24-16-28-63-56(61)62)50(75)65-29-47(73)74)71-52(77)44(25-26-46(60)72)66-51(76)43(23-14-15-27-64-57(81)86-30-35-17-8-13-22-41(35)59)69-58(82)87-31-40-38-20-11-9-18-36(38)37-19-10-12-21-39(37)40/h8-13,17-22,33-34,40,42-45,48-49H,7,14-16,23-32H2,1-6H3,(H2,60,72)(H,64,81)(H,65,75)(H,66,76)(H,67,79)(H,68,80)(H,69,82)(H,70,78)(H,71,77)(H,73,74)(H4,61,62,63)/t34-,42-,43-,44-,45-,48-,49-/m0/s1. The maximum atomic E-state index is 14.5. The van der Waals surface area contributed by atoms with Gasteiger partial charge in [-0.1, -0.05) is 112 Å². The number of unbranched alkanes of at least 4 members (excludes halogenated alkanes) is 1. The molecular weight excluding hydrogens is 1200 g/mol. The summed E-state index contributed by atoms with van der Waals surface area (Å²) >= 11 is 6.19. The number of carboxylic acid groups (broad SMARTS) is 1. The molecule has 0 aliphatic heterocycles. The monoisotopic (exact) mass is 1280 g/mol. The number of primary amides is 1. The molecule has 0 bridgehead atoms. The molecule has 1 aliphatic carbocycles. The fourth-order valence-corrected chi connectivity index (χ4v) is 10.1. The minimum absolute atomic E-state index is 0.0408. The van der Waals surface area contributed by atoms with Crippen LogP contribution in [0.25, 0.3) is 11.1 Å². The number of guanidine groups is 1. The Morgan fingerprint density at radius 2 is 1.17 bits per heavy atom. The first kappa shape index (κ1) is 73.1. The molecule has 0 spiro atoms. The Bertz CT molecular complexity index is 2970. The lowest BCUT2D eigenvalue weighted by atomic mass is 9.97. The van der Waals surface area contributed by atoms with Gasteiger partial charge in [0.1, 0.15) is 56.0 Å². The van der Waals surface area contributed by atoms with Crippen molar-refractivity contribution >= 4 is 84.9 Å². The van der Waals surface area contributed by atoms with Crippen molar-refractivity contribution in [1.82, 2.24) is 42.5 Å². The topological polar surface area (TPSA) is 441 Å². The van der Waals surface area contributed by atoms with E-state index in [2.05, 4.69) is 47.5 Å². The van der Waals surface area contributed by atoms with E-state index in [0.717, 1.165) is 36.5 Å². The van der Waals surface area contributed by atoms with E-state index in [-0.39, 0.29) is 76.7 Å². The third kappa shape index (κ3) is 23.9. The van der Waals surface area contributed by atoms with E-state index in [1.54, 1.807) is 52.0 Å². The molecule has 4 rings (SSSR count). The minimum Gasteiger partial charge on any atom is -0.480 e. The van der Waals surface area contributed by atoms with Crippen LogP contribution >= 0.6 is 19.4 Å². The van der Waals surface area contributed by atoms with Crippen molar-refractivity contribution in [2.24, 2.45) is 34.0 Å². The number of nitrogens with two attached hydrogens (primary N) is 3. The van der Waals surface area contributed by atoms with Gasteiger partial charge in [0.15, 0.2) is 5.96 Å². The van der Waals surface area contributed by atoms with E-state index in [1.807, 2.05) is 48.5 Å². The van der Waals surface area contributed by atoms with Gasteiger partial charge in [-0.2, -0.15) is 0 Å². The fourth-order valence-electron chi connectivity index (χ4n) is 9.21. The number of nitrogens with zero attached hydrogens (tertiary/aromatic N) is 1. The Labute approximate surface area is 520 Å². The SMILES string of the molecule is CC[C@H](C)[C@H](NC(=O)[C@H](CCC(N)=O)NC(=O)[C@H](CCCCNC(=O)OCc1ccccc1Cl)NC(=O)OCC1c2ccccc2-c2ccccc21)C(=O)N[C@@H](COP(=O)(OC)OC)C(=O)N[C@H](C(=O)N[C@@H](CCCN=C(N)N)C(=O)NCC(=O)O)C(C)C. The van der Waals surface area contributed by atoms with E-state index >= 15 is 0 Å². The second-order valence-corrected chi connectivity index (χ2v) is 23.4. The number of fused-ring (bicyclic) bond motifs is 3. The largest absolute Gasteiger partial charge is 0.480 e. The number of hydrogen-bond acceptors (Lipinski definition) is 17. The lowest BCUT2D eigenvalue weighted by molar-refractivity contribution is -0.139. The summed E-state index contributed by atoms with van der Waals surface area (Å²) in [4.78, 5) is 138. The van der Waals surface area contributed by atoms with E-state index in [0.29, 0.717) is 10.6 Å². The van der Waals surface area contributed by atoms with Crippen molar-refractivity contribution in [3.05, 3.63) is 94.5 Å². The van der Waals surface area contributed by atoms with E-state index in [4.69, 9.17) is 51.8 Å². The molecule has 3 aromatic rings. The smallest absolute Gasteiger partial charge is 0.474 e. The molecule has 0 unspecified atom stereocenters. The minimum atomic E-state index is -4.38. The van der Waals surface area contributed by atoms with Crippen molar-refractivity contribution in [3.8, 4) is 11.1 Å². The number of halogens is 1. The van der Waals surface area contributed by atoms with Crippen molar-refractivity contribution in [3.63, 3.8) is 0 Å². The molecule has 1 aliphatic rings.